The molecule has 0 aliphatic carbocycles. The Hall–Kier alpha value is -1.27. The first-order chi connectivity index (χ1) is 12.6. The van der Waals surface area contributed by atoms with E-state index in [-0.39, 0.29) is 36.1 Å². The molecule has 1 aliphatic rings. The molecule has 0 atom stereocenters. The summed E-state index contributed by atoms with van der Waals surface area (Å²) in [5.41, 5.74) is 0. The third kappa shape index (κ3) is 4.11. The molecule has 0 radical (unpaired) electrons. The zero-order valence-corrected chi connectivity index (χ0v) is 18.3. The smallest absolute Gasteiger partial charge is 0.262 e. The van der Waals surface area contributed by atoms with Crippen LogP contribution in [-0.2, 0) is 27.1 Å². The van der Waals surface area contributed by atoms with Gasteiger partial charge in [-0.3, -0.25) is 0 Å². The second kappa shape index (κ2) is 7.63. The van der Waals surface area contributed by atoms with Crippen LogP contribution in [0.25, 0.3) is 0 Å². The number of aryl methyl sites for hydroxylation is 2. The summed E-state index contributed by atoms with van der Waals surface area (Å²) in [5.74, 6) is 0.600. The van der Waals surface area contributed by atoms with E-state index in [9.17, 15) is 16.8 Å². The summed E-state index contributed by atoms with van der Waals surface area (Å²) in [7, 11) is -5.69. The highest BCUT2D eigenvalue weighted by Crippen LogP contribution is 2.22. The average Bonchev–Trinajstić information content (AvgIpc) is 2.83. The Labute approximate surface area is 168 Å². The predicted octanol–water partition coefficient (Wildman–Crippen LogP) is 1.58. The summed E-state index contributed by atoms with van der Waals surface area (Å²) in [6.07, 6.45) is 1.90. The molecular weight excluding hydrogens is 456 g/mol. The molecule has 27 heavy (non-hydrogen) atoms. The lowest BCUT2D eigenvalue weighted by molar-refractivity contribution is 0.403. The van der Waals surface area contributed by atoms with E-state index in [1.807, 2.05) is 0 Å². The van der Waals surface area contributed by atoms with Crippen LogP contribution < -0.4 is 0 Å². The Balaban J connectivity index is 1.80. The molecule has 0 amide bonds. The zero-order chi connectivity index (χ0) is 19.8. The third-order valence-corrected chi connectivity index (χ3v) is 8.77. The second-order valence-electron chi connectivity index (χ2n) is 6.35. The third-order valence-electron chi connectivity index (χ3n) is 4.56. The number of hydrogen-bond acceptors (Lipinski definition) is 5. The van der Waals surface area contributed by atoms with Crippen LogP contribution in [0.4, 0.5) is 0 Å². The second-order valence-corrected chi connectivity index (χ2v) is 11.1. The fourth-order valence-electron chi connectivity index (χ4n) is 2.89. The van der Waals surface area contributed by atoms with E-state index < -0.39 is 20.0 Å². The normalized spacial score (nSPS) is 17.7. The summed E-state index contributed by atoms with van der Waals surface area (Å²) in [5, 5.41) is -0.00767. The molecule has 1 fully saturated rings. The number of rotatable bonds is 4. The fraction of sp³-hybridized carbons (Fsp3) is 0.438. The molecule has 1 aliphatic heterocycles. The summed E-state index contributed by atoms with van der Waals surface area (Å²) in [6, 6.07) is 6.42. The van der Waals surface area contributed by atoms with Crippen LogP contribution in [-0.4, -0.2) is 61.2 Å². The summed E-state index contributed by atoms with van der Waals surface area (Å²) in [6.45, 7) is 2.45. The molecule has 3 rings (SSSR count). The lowest BCUT2D eigenvalue weighted by atomic mass is 10.4. The number of halogens is 1. The van der Waals surface area contributed by atoms with Gasteiger partial charge in [0.15, 0.2) is 5.03 Å². The molecule has 1 saturated heterocycles. The van der Waals surface area contributed by atoms with Crippen molar-refractivity contribution < 1.29 is 16.8 Å². The van der Waals surface area contributed by atoms with Crippen LogP contribution >= 0.6 is 15.9 Å². The number of imidazole rings is 1. The molecule has 1 aromatic carbocycles. The fourth-order valence-corrected chi connectivity index (χ4v) is 6.12. The van der Waals surface area contributed by atoms with E-state index in [1.54, 1.807) is 30.7 Å². The largest absolute Gasteiger partial charge is 0.337 e. The maximum absolute atomic E-state index is 12.9. The number of nitrogens with zero attached hydrogens (tertiary/aromatic N) is 4. The van der Waals surface area contributed by atoms with Gasteiger partial charge in [-0.1, -0.05) is 15.9 Å². The summed E-state index contributed by atoms with van der Waals surface area (Å²) in [4.78, 5) is 4.30. The Morgan fingerprint density at radius 1 is 0.926 bits per heavy atom. The van der Waals surface area contributed by atoms with Crippen molar-refractivity contribution in [1.82, 2.24) is 18.2 Å². The standard InChI is InChI=1S/C16H21BrN4O4S2/c1-13-18-16(12-19(13)2)27(24,25)21-9-3-8-20(10-11-21)26(22,23)15-6-4-14(17)5-7-15/h4-7,12H,3,8-11H2,1-2H3. The average molecular weight is 477 g/mol. The molecule has 0 bridgehead atoms. The van der Waals surface area contributed by atoms with Crippen LogP contribution in [0.3, 0.4) is 0 Å². The number of aromatic nitrogens is 2. The molecule has 1 aromatic heterocycles. The van der Waals surface area contributed by atoms with Crippen molar-refractivity contribution in [2.24, 2.45) is 7.05 Å². The van der Waals surface area contributed by atoms with Crippen molar-refractivity contribution in [1.29, 1.82) is 0 Å². The first-order valence-corrected chi connectivity index (χ1v) is 12.1. The highest BCUT2D eigenvalue weighted by molar-refractivity contribution is 9.10. The van der Waals surface area contributed by atoms with Crippen LogP contribution in [0.5, 0.6) is 0 Å². The van der Waals surface area contributed by atoms with Crippen molar-refractivity contribution in [2.45, 2.75) is 23.3 Å². The van der Waals surface area contributed by atoms with Gasteiger partial charge in [-0.25, -0.2) is 21.8 Å². The van der Waals surface area contributed by atoms with Crippen molar-refractivity contribution in [3.8, 4) is 0 Å². The quantitative estimate of drug-likeness (QED) is 0.667. The van der Waals surface area contributed by atoms with Crippen molar-refractivity contribution >= 4 is 36.0 Å². The van der Waals surface area contributed by atoms with Gasteiger partial charge in [-0.05, 0) is 37.6 Å². The van der Waals surface area contributed by atoms with Crippen molar-refractivity contribution in [3.05, 3.63) is 40.8 Å². The monoisotopic (exact) mass is 476 g/mol. The van der Waals surface area contributed by atoms with Gasteiger partial charge >= 0.3 is 0 Å². The van der Waals surface area contributed by atoms with E-state index >= 15 is 0 Å². The van der Waals surface area contributed by atoms with Crippen LogP contribution in [0.15, 0.2) is 44.9 Å². The summed E-state index contributed by atoms with van der Waals surface area (Å²) < 4.78 is 56.5. The summed E-state index contributed by atoms with van der Waals surface area (Å²) >= 11 is 3.29. The van der Waals surface area contributed by atoms with E-state index in [0.29, 0.717) is 12.2 Å². The number of sulfonamides is 2. The minimum absolute atomic E-state index is 0.00767. The molecule has 0 N–H and O–H groups in total. The molecule has 148 valence electrons. The first kappa shape index (κ1) is 20.5. The molecule has 0 spiro atoms. The van der Waals surface area contributed by atoms with E-state index in [2.05, 4.69) is 20.9 Å². The Morgan fingerprint density at radius 2 is 1.48 bits per heavy atom. The van der Waals surface area contributed by atoms with Gasteiger partial charge in [-0.15, -0.1) is 0 Å². The van der Waals surface area contributed by atoms with Gasteiger partial charge in [0.1, 0.15) is 5.82 Å². The predicted molar refractivity (Wildman–Crippen MR) is 104 cm³/mol. The van der Waals surface area contributed by atoms with Crippen LogP contribution in [0.1, 0.15) is 12.2 Å². The van der Waals surface area contributed by atoms with Crippen molar-refractivity contribution in [2.75, 3.05) is 26.2 Å². The zero-order valence-electron chi connectivity index (χ0n) is 15.0. The lowest BCUT2D eigenvalue weighted by Gasteiger charge is -2.21. The van der Waals surface area contributed by atoms with Crippen LogP contribution in [0.2, 0.25) is 0 Å². The van der Waals surface area contributed by atoms with Gasteiger partial charge in [0.2, 0.25) is 10.0 Å². The van der Waals surface area contributed by atoms with E-state index in [4.69, 9.17) is 0 Å². The maximum atomic E-state index is 12.9. The maximum Gasteiger partial charge on any atom is 0.262 e. The highest BCUT2D eigenvalue weighted by atomic mass is 79.9. The Morgan fingerprint density at radius 3 is 2.00 bits per heavy atom. The lowest BCUT2D eigenvalue weighted by Crippen LogP contribution is -2.37. The topological polar surface area (TPSA) is 92.6 Å². The molecule has 2 aromatic rings. The van der Waals surface area contributed by atoms with Gasteiger partial charge < -0.3 is 4.57 Å². The van der Waals surface area contributed by atoms with Gasteiger partial charge in [-0.2, -0.15) is 8.61 Å². The number of benzene rings is 1. The van der Waals surface area contributed by atoms with Gasteiger partial charge in [0.05, 0.1) is 4.90 Å². The molecule has 2 heterocycles. The molecule has 0 unspecified atom stereocenters. The minimum Gasteiger partial charge on any atom is -0.337 e. The molecule has 0 saturated carbocycles. The van der Waals surface area contributed by atoms with Crippen LogP contribution in [0, 0.1) is 6.92 Å². The SMILES string of the molecule is Cc1nc(S(=O)(=O)N2CCCN(S(=O)(=O)c3ccc(Br)cc3)CC2)cn1C. The number of hydrogen-bond donors (Lipinski definition) is 0. The molecule has 8 nitrogen and oxygen atoms in total. The Kier molecular flexibility index (Phi) is 5.78. The van der Waals surface area contributed by atoms with Gasteiger partial charge in [0, 0.05) is 43.9 Å². The first-order valence-electron chi connectivity index (χ1n) is 8.38. The molecule has 11 heteroatoms. The van der Waals surface area contributed by atoms with Gasteiger partial charge in [0.25, 0.3) is 10.0 Å². The molecular formula is C16H21BrN4O4S2. The minimum atomic E-state index is -3.75. The van der Waals surface area contributed by atoms with E-state index in [1.165, 1.54) is 26.9 Å². The highest BCUT2D eigenvalue weighted by Gasteiger charge is 2.32. The van der Waals surface area contributed by atoms with E-state index in [0.717, 1.165) is 4.47 Å². The Bertz CT molecular complexity index is 1010. The van der Waals surface area contributed by atoms with Crippen molar-refractivity contribution in [3.63, 3.8) is 0 Å².